The van der Waals surface area contributed by atoms with Crippen molar-refractivity contribution < 1.29 is 31.9 Å². The maximum Gasteiger partial charge on any atom is 0.573 e. The number of hydrogen-bond donors (Lipinski definition) is 0. The van der Waals surface area contributed by atoms with E-state index in [0.29, 0.717) is 29.5 Å². The zero-order valence-electron chi connectivity index (χ0n) is 15.0. The van der Waals surface area contributed by atoms with Crippen LogP contribution in [0.5, 0.6) is 11.5 Å². The van der Waals surface area contributed by atoms with Gasteiger partial charge in [-0.25, -0.2) is 0 Å². The number of benzene rings is 1. The summed E-state index contributed by atoms with van der Waals surface area (Å²) in [6.07, 6.45) is 0.569. The smallest absolute Gasteiger partial charge is 0.438 e. The summed E-state index contributed by atoms with van der Waals surface area (Å²) in [5.74, 6) is 1.29. The lowest BCUT2D eigenvalue weighted by Gasteiger charge is -2.07. The first-order chi connectivity index (χ1) is 13.9. The molecule has 3 aromatic rings. The molecule has 11 heteroatoms. The summed E-state index contributed by atoms with van der Waals surface area (Å²) >= 11 is 0. The zero-order chi connectivity index (χ0) is 20.7. The maximum atomic E-state index is 11.5. The summed E-state index contributed by atoms with van der Waals surface area (Å²) in [4.78, 5) is 9.09. The van der Waals surface area contributed by atoms with E-state index in [1.807, 2.05) is 6.92 Å². The van der Waals surface area contributed by atoms with Crippen LogP contribution in [0.4, 0.5) is 13.2 Å². The van der Waals surface area contributed by atoms with Gasteiger partial charge in [0.1, 0.15) is 17.6 Å². The van der Waals surface area contributed by atoms with Crippen LogP contribution in [0.25, 0.3) is 11.5 Å². The molecule has 1 aromatic carbocycles. The summed E-state index contributed by atoms with van der Waals surface area (Å²) in [6.45, 7) is 1.92. The second-order valence-corrected chi connectivity index (χ2v) is 5.72. The Bertz CT molecular complexity index is 934. The van der Waals surface area contributed by atoms with Crippen LogP contribution in [0.3, 0.4) is 0 Å². The van der Waals surface area contributed by atoms with E-state index >= 15 is 0 Å². The van der Waals surface area contributed by atoms with Crippen molar-refractivity contribution in [2.75, 3.05) is 0 Å². The largest absolute Gasteiger partial charge is 0.573 e. The van der Waals surface area contributed by atoms with E-state index in [1.54, 1.807) is 24.5 Å². The second kappa shape index (κ2) is 9.04. The Balaban J connectivity index is 0.000000188. The van der Waals surface area contributed by atoms with Gasteiger partial charge < -0.3 is 18.7 Å². The second-order valence-electron chi connectivity index (χ2n) is 5.72. The molecule has 0 saturated heterocycles. The van der Waals surface area contributed by atoms with Crippen LogP contribution in [-0.2, 0) is 4.84 Å². The number of oxime groups is 1. The third-order valence-electron chi connectivity index (χ3n) is 3.33. The summed E-state index contributed by atoms with van der Waals surface area (Å²) in [5, 5.41) is 11.2. The first-order valence-electron chi connectivity index (χ1n) is 8.32. The lowest BCUT2D eigenvalue weighted by atomic mass is 10.2. The first-order valence-corrected chi connectivity index (χ1v) is 8.32. The Morgan fingerprint density at radius 1 is 1.10 bits per heavy atom. The highest BCUT2D eigenvalue weighted by Crippen LogP contribution is 2.22. The molecule has 1 unspecified atom stereocenters. The minimum absolute atomic E-state index is 0.0482. The quantitative estimate of drug-likeness (QED) is 0.641. The lowest BCUT2D eigenvalue weighted by molar-refractivity contribution is -0.274. The first kappa shape index (κ1) is 20.1. The molecule has 0 radical (unpaired) electrons. The standard InChI is InChI=1S/C11H10N4O3.C7H5F3O/c1-7-2-10(15-18-7)17-9-3-8(4-12-5-9)11-14-13-6-16-11;8-7(9,10)11-6-4-2-1-3-5-6/h3-7H,2H2,1H3;1-5H. The summed E-state index contributed by atoms with van der Waals surface area (Å²) in [6, 6.07) is 8.80. The van der Waals surface area contributed by atoms with E-state index < -0.39 is 6.36 Å². The third-order valence-corrected chi connectivity index (χ3v) is 3.33. The Kier molecular flexibility index (Phi) is 6.27. The van der Waals surface area contributed by atoms with E-state index in [9.17, 15) is 13.2 Å². The van der Waals surface area contributed by atoms with Gasteiger partial charge in [-0.1, -0.05) is 23.4 Å². The molecular formula is C18H15F3N4O4. The van der Waals surface area contributed by atoms with Crippen molar-refractivity contribution >= 4 is 5.90 Å². The number of nitrogens with zero attached hydrogens (tertiary/aromatic N) is 4. The molecule has 4 rings (SSSR count). The van der Waals surface area contributed by atoms with E-state index in [4.69, 9.17) is 14.0 Å². The molecule has 152 valence electrons. The number of rotatable bonds is 3. The number of ether oxygens (including phenoxy) is 2. The fourth-order valence-corrected chi connectivity index (χ4v) is 2.18. The molecule has 1 aliphatic heterocycles. The van der Waals surface area contributed by atoms with Gasteiger partial charge in [0.2, 0.25) is 18.2 Å². The minimum Gasteiger partial charge on any atom is -0.438 e. The summed E-state index contributed by atoms with van der Waals surface area (Å²) < 4.78 is 48.8. The molecule has 1 atom stereocenters. The predicted molar refractivity (Wildman–Crippen MR) is 93.9 cm³/mol. The summed E-state index contributed by atoms with van der Waals surface area (Å²) in [7, 11) is 0. The normalized spacial score (nSPS) is 15.6. The van der Waals surface area contributed by atoms with Crippen LogP contribution in [0.1, 0.15) is 13.3 Å². The molecule has 29 heavy (non-hydrogen) atoms. The van der Waals surface area contributed by atoms with E-state index in [1.165, 1.54) is 30.7 Å². The van der Waals surface area contributed by atoms with Crippen molar-refractivity contribution in [3.63, 3.8) is 0 Å². The van der Waals surface area contributed by atoms with Gasteiger partial charge in [0, 0.05) is 6.20 Å². The summed E-state index contributed by atoms with van der Waals surface area (Å²) in [5.41, 5.74) is 0.692. The van der Waals surface area contributed by atoms with E-state index in [-0.39, 0.29) is 11.9 Å². The Hall–Kier alpha value is -3.63. The van der Waals surface area contributed by atoms with E-state index in [2.05, 4.69) is 25.1 Å². The van der Waals surface area contributed by atoms with Gasteiger partial charge in [0.25, 0.3) is 0 Å². The molecule has 0 bridgehead atoms. The van der Waals surface area contributed by atoms with Gasteiger partial charge in [0.05, 0.1) is 18.2 Å². The van der Waals surface area contributed by atoms with Crippen molar-refractivity contribution in [1.82, 2.24) is 15.2 Å². The number of hydrogen-bond acceptors (Lipinski definition) is 8. The van der Waals surface area contributed by atoms with Crippen molar-refractivity contribution in [3.05, 3.63) is 55.2 Å². The fourth-order valence-electron chi connectivity index (χ4n) is 2.18. The molecule has 0 spiro atoms. The van der Waals surface area contributed by atoms with Crippen LogP contribution < -0.4 is 9.47 Å². The Morgan fingerprint density at radius 3 is 2.52 bits per heavy atom. The number of aromatic nitrogens is 3. The molecule has 8 nitrogen and oxygen atoms in total. The number of para-hydroxylation sites is 1. The van der Waals surface area contributed by atoms with E-state index in [0.717, 1.165) is 0 Å². The van der Waals surface area contributed by atoms with Crippen LogP contribution in [-0.4, -0.2) is 33.5 Å². The molecular weight excluding hydrogens is 393 g/mol. The predicted octanol–water partition coefficient (Wildman–Crippen LogP) is 4.22. The van der Waals surface area contributed by atoms with Gasteiger partial charge in [-0.05, 0) is 25.1 Å². The van der Waals surface area contributed by atoms with Crippen molar-refractivity contribution in [2.45, 2.75) is 25.8 Å². The monoisotopic (exact) mass is 408 g/mol. The highest BCUT2D eigenvalue weighted by Gasteiger charge is 2.30. The number of pyridine rings is 1. The SMILES string of the molecule is CC1CC(Oc2cncc(-c3nnco3)c2)=NO1.FC(F)(F)Oc1ccccc1. The Morgan fingerprint density at radius 2 is 1.90 bits per heavy atom. The Labute approximate surface area is 162 Å². The number of halogens is 3. The molecule has 0 N–H and O–H groups in total. The van der Waals surface area contributed by atoms with Crippen LogP contribution in [0, 0.1) is 0 Å². The average Bonchev–Trinajstić information content (AvgIpc) is 3.34. The zero-order valence-corrected chi connectivity index (χ0v) is 15.0. The van der Waals surface area contributed by atoms with Gasteiger partial charge in [-0.2, -0.15) is 0 Å². The van der Waals surface area contributed by atoms with Gasteiger partial charge in [0.15, 0.2) is 0 Å². The topological polar surface area (TPSA) is 91.9 Å². The molecule has 2 aromatic heterocycles. The maximum absolute atomic E-state index is 11.5. The molecule has 0 fully saturated rings. The fraction of sp³-hybridized carbons (Fsp3) is 0.222. The third kappa shape index (κ3) is 6.48. The minimum atomic E-state index is -4.60. The molecule has 0 aliphatic carbocycles. The van der Waals surface area contributed by atoms with Crippen LogP contribution >= 0.6 is 0 Å². The lowest BCUT2D eigenvalue weighted by Crippen LogP contribution is -2.16. The van der Waals surface area contributed by atoms with Crippen molar-refractivity contribution in [1.29, 1.82) is 0 Å². The molecule has 0 saturated carbocycles. The van der Waals surface area contributed by atoms with Crippen LogP contribution in [0.2, 0.25) is 0 Å². The molecule has 1 aliphatic rings. The van der Waals surface area contributed by atoms with Crippen molar-refractivity contribution in [2.24, 2.45) is 5.16 Å². The van der Waals surface area contributed by atoms with Crippen molar-refractivity contribution in [3.8, 4) is 23.0 Å². The number of alkyl halides is 3. The molecule has 3 heterocycles. The van der Waals surface area contributed by atoms with Gasteiger partial charge in [-0.3, -0.25) is 4.98 Å². The highest BCUT2D eigenvalue weighted by atomic mass is 19.4. The van der Waals surface area contributed by atoms with Gasteiger partial charge in [-0.15, -0.1) is 23.4 Å². The highest BCUT2D eigenvalue weighted by molar-refractivity contribution is 5.79. The van der Waals surface area contributed by atoms with Crippen LogP contribution in [0.15, 0.2) is 64.8 Å². The average molecular weight is 408 g/mol. The van der Waals surface area contributed by atoms with Gasteiger partial charge >= 0.3 is 6.36 Å². The molecule has 0 amide bonds.